The van der Waals surface area contributed by atoms with Gasteiger partial charge >= 0.3 is 0 Å². The molecule has 2 rings (SSSR count). The number of aromatic nitrogens is 1. The largest absolute Gasteiger partial charge is 0.353 e. The van der Waals surface area contributed by atoms with Gasteiger partial charge in [-0.2, -0.15) is 0 Å². The third kappa shape index (κ3) is 1.43. The first-order valence-corrected chi connectivity index (χ1v) is 5.14. The van der Waals surface area contributed by atoms with Gasteiger partial charge in [-0.1, -0.05) is 6.92 Å². The van der Waals surface area contributed by atoms with Crippen LogP contribution in [0.4, 0.5) is 0 Å². The summed E-state index contributed by atoms with van der Waals surface area (Å²) in [5.41, 5.74) is 2.85. The molecule has 1 aliphatic heterocycles. The Morgan fingerprint density at radius 3 is 3.25 bits per heavy atom. The molecule has 1 atom stereocenters. The molecule has 0 saturated heterocycles. The summed E-state index contributed by atoms with van der Waals surface area (Å²) in [5, 5.41) is 3.41. The highest BCUT2D eigenvalue weighted by atomic mass is 79.9. The van der Waals surface area contributed by atoms with Crippen molar-refractivity contribution in [3.8, 4) is 0 Å². The van der Waals surface area contributed by atoms with Gasteiger partial charge in [-0.15, -0.1) is 0 Å². The van der Waals surface area contributed by atoms with Crippen LogP contribution in [0.3, 0.4) is 0 Å². The third-order valence-electron chi connectivity index (χ3n) is 2.43. The molecule has 12 heavy (non-hydrogen) atoms. The standard InChI is InChI=1S/C9H13BrN2/c1-6-5-11-3-2-8-7(6)4-9(10)12-8/h4,6,11-12H,2-3,5H2,1H3. The zero-order valence-corrected chi connectivity index (χ0v) is 8.74. The van der Waals surface area contributed by atoms with Crippen molar-refractivity contribution in [3.05, 3.63) is 21.9 Å². The summed E-state index contributed by atoms with van der Waals surface area (Å²) in [7, 11) is 0. The highest BCUT2D eigenvalue weighted by Gasteiger charge is 2.16. The molecule has 66 valence electrons. The molecule has 1 unspecified atom stereocenters. The fourth-order valence-corrected chi connectivity index (χ4v) is 2.25. The maximum absolute atomic E-state index is 3.47. The minimum atomic E-state index is 0.630. The number of aromatic amines is 1. The van der Waals surface area contributed by atoms with Gasteiger partial charge in [-0.3, -0.25) is 0 Å². The van der Waals surface area contributed by atoms with Crippen LogP contribution in [0.1, 0.15) is 24.1 Å². The quantitative estimate of drug-likeness (QED) is 0.699. The SMILES string of the molecule is CC1CNCCc2[nH]c(Br)cc21. The molecule has 0 radical (unpaired) electrons. The average molecular weight is 229 g/mol. The predicted molar refractivity (Wildman–Crippen MR) is 53.5 cm³/mol. The highest BCUT2D eigenvalue weighted by Crippen LogP contribution is 2.25. The smallest absolute Gasteiger partial charge is 0.0825 e. The summed E-state index contributed by atoms with van der Waals surface area (Å²) in [6.45, 7) is 4.44. The van der Waals surface area contributed by atoms with Gasteiger partial charge in [0.05, 0.1) is 4.60 Å². The molecule has 0 spiro atoms. The molecular formula is C9H13BrN2. The molecule has 0 saturated carbocycles. The van der Waals surface area contributed by atoms with Gasteiger partial charge in [0, 0.05) is 25.2 Å². The van der Waals surface area contributed by atoms with Crippen LogP contribution in [0.15, 0.2) is 10.7 Å². The molecule has 2 heterocycles. The topological polar surface area (TPSA) is 27.8 Å². The molecule has 0 aromatic carbocycles. The normalized spacial score (nSPS) is 23.3. The first-order valence-electron chi connectivity index (χ1n) is 4.35. The second-order valence-corrected chi connectivity index (χ2v) is 4.26. The van der Waals surface area contributed by atoms with Crippen LogP contribution >= 0.6 is 15.9 Å². The van der Waals surface area contributed by atoms with Crippen LogP contribution in [0.5, 0.6) is 0 Å². The van der Waals surface area contributed by atoms with Crippen molar-refractivity contribution in [2.45, 2.75) is 19.3 Å². The van der Waals surface area contributed by atoms with Gasteiger partial charge in [0.25, 0.3) is 0 Å². The van der Waals surface area contributed by atoms with Gasteiger partial charge in [0.2, 0.25) is 0 Å². The maximum Gasteiger partial charge on any atom is 0.0825 e. The van der Waals surface area contributed by atoms with Crippen molar-refractivity contribution in [1.82, 2.24) is 10.3 Å². The van der Waals surface area contributed by atoms with E-state index in [4.69, 9.17) is 0 Å². The monoisotopic (exact) mass is 228 g/mol. The second-order valence-electron chi connectivity index (χ2n) is 3.41. The zero-order valence-electron chi connectivity index (χ0n) is 7.15. The number of halogens is 1. The van der Waals surface area contributed by atoms with Crippen LogP contribution in [-0.2, 0) is 6.42 Å². The Labute approximate surface area is 80.9 Å². The lowest BCUT2D eigenvalue weighted by Gasteiger charge is -2.06. The summed E-state index contributed by atoms with van der Waals surface area (Å²) in [6, 6.07) is 2.20. The number of fused-ring (bicyclic) bond motifs is 1. The second kappa shape index (κ2) is 3.23. The van der Waals surface area contributed by atoms with E-state index in [-0.39, 0.29) is 0 Å². The van der Waals surface area contributed by atoms with E-state index in [0.717, 1.165) is 24.1 Å². The number of H-pyrrole nitrogens is 1. The van der Waals surface area contributed by atoms with Crippen LogP contribution < -0.4 is 5.32 Å². The van der Waals surface area contributed by atoms with E-state index in [1.807, 2.05) is 0 Å². The average Bonchev–Trinajstić information content (AvgIpc) is 2.33. The van der Waals surface area contributed by atoms with Gasteiger partial charge in [0.15, 0.2) is 0 Å². The Morgan fingerprint density at radius 2 is 2.42 bits per heavy atom. The van der Waals surface area contributed by atoms with Crippen molar-refractivity contribution in [2.24, 2.45) is 0 Å². The zero-order chi connectivity index (χ0) is 8.55. The van der Waals surface area contributed by atoms with Crippen molar-refractivity contribution < 1.29 is 0 Å². The van der Waals surface area contributed by atoms with Crippen LogP contribution in [0, 0.1) is 0 Å². The lowest BCUT2D eigenvalue weighted by Crippen LogP contribution is -2.18. The molecule has 0 aliphatic carbocycles. The van der Waals surface area contributed by atoms with E-state index in [1.165, 1.54) is 11.3 Å². The molecule has 0 amide bonds. The predicted octanol–water partition coefficient (Wildman–Crippen LogP) is 2.03. The molecule has 1 aliphatic rings. The van der Waals surface area contributed by atoms with Crippen molar-refractivity contribution >= 4 is 15.9 Å². The minimum Gasteiger partial charge on any atom is -0.353 e. The lowest BCUT2D eigenvalue weighted by atomic mass is 10.0. The van der Waals surface area contributed by atoms with Crippen LogP contribution in [0.2, 0.25) is 0 Å². The molecule has 1 aromatic heterocycles. The van der Waals surface area contributed by atoms with E-state index in [0.29, 0.717) is 5.92 Å². The first-order chi connectivity index (χ1) is 5.77. The molecular weight excluding hydrogens is 216 g/mol. The highest BCUT2D eigenvalue weighted by molar-refractivity contribution is 9.10. The van der Waals surface area contributed by atoms with Gasteiger partial charge < -0.3 is 10.3 Å². The van der Waals surface area contributed by atoms with Crippen LogP contribution in [0.25, 0.3) is 0 Å². The Hall–Kier alpha value is -0.280. The number of rotatable bonds is 0. The fraction of sp³-hybridized carbons (Fsp3) is 0.556. The lowest BCUT2D eigenvalue weighted by molar-refractivity contribution is 0.643. The fourth-order valence-electron chi connectivity index (χ4n) is 1.76. The summed E-state index contributed by atoms with van der Waals surface area (Å²) in [5.74, 6) is 0.630. The maximum atomic E-state index is 3.47. The Balaban J connectivity index is 2.38. The summed E-state index contributed by atoms with van der Waals surface area (Å²) in [4.78, 5) is 3.34. The minimum absolute atomic E-state index is 0.630. The third-order valence-corrected chi connectivity index (χ3v) is 2.86. The van der Waals surface area contributed by atoms with E-state index < -0.39 is 0 Å². The summed E-state index contributed by atoms with van der Waals surface area (Å²) < 4.78 is 1.11. The molecule has 0 fully saturated rings. The van der Waals surface area contributed by atoms with Gasteiger partial charge in [-0.25, -0.2) is 0 Å². The van der Waals surface area contributed by atoms with Crippen molar-refractivity contribution in [3.63, 3.8) is 0 Å². The Bertz CT molecular complexity index is 280. The molecule has 3 heteroatoms. The molecule has 1 aromatic rings. The molecule has 2 nitrogen and oxygen atoms in total. The Kier molecular flexibility index (Phi) is 2.24. The number of hydrogen-bond donors (Lipinski definition) is 2. The van der Waals surface area contributed by atoms with E-state index >= 15 is 0 Å². The number of nitrogens with one attached hydrogen (secondary N) is 2. The first kappa shape index (κ1) is 8.32. The Morgan fingerprint density at radius 1 is 1.58 bits per heavy atom. The van der Waals surface area contributed by atoms with Crippen molar-refractivity contribution in [2.75, 3.05) is 13.1 Å². The summed E-state index contributed by atoms with van der Waals surface area (Å²) >= 11 is 3.47. The number of hydrogen-bond acceptors (Lipinski definition) is 1. The van der Waals surface area contributed by atoms with E-state index in [2.05, 4.69) is 39.2 Å². The van der Waals surface area contributed by atoms with Crippen molar-refractivity contribution in [1.29, 1.82) is 0 Å². The van der Waals surface area contributed by atoms with Gasteiger partial charge in [0.1, 0.15) is 0 Å². The molecule has 0 bridgehead atoms. The molecule has 2 N–H and O–H groups in total. The summed E-state index contributed by atoms with van der Waals surface area (Å²) in [6.07, 6.45) is 1.12. The van der Waals surface area contributed by atoms with E-state index in [1.54, 1.807) is 0 Å². The van der Waals surface area contributed by atoms with Gasteiger partial charge in [-0.05, 0) is 33.5 Å². The van der Waals surface area contributed by atoms with E-state index in [9.17, 15) is 0 Å². The van der Waals surface area contributed by atoms with Crippen LogP contribution in [-0.4, -0.2) is 18.1 Å².